The van der Waals surface area contributed by atoms with E-state index in [0.29, 0.717) is 11.1 Å². The molecule has 0 atom stereocenters. The smallest absolute Gasteiger partial charge is 0.179 e. The average Bonchev–Trinajstić information content (AvgIpc) is 2.53. The number of carbonyl (C=O) groups is 1. The maximum Gasteiger partial charge on any atom is 0.179 e. The first-order valence-electron chi connectivity index (χ1n) is 6.97. The SMILES string of the molecule is O=C(C=Cc1ccc(F)cc1)CS(=O)(=O)C=Cc1ccc(F)cc1. The lowest BCUT2D eigenvalue weighted by atomic mass is 10.2. The van der Waals surface area contributed by atoms with Gasteiger partial charge in [-0.1, -0.05) is 30.3 Å². The van der Waals surface area contributed by atoms with E-state index >= 15 is 0 Å². The first kappa shape index (κ1) is 17.7. The Balaban J connectivity index is 1.98. The van der Waals surface area contributed by atoms with E-state index in [0.717, 1.165) is 11.5 Å². The van der Waals surface area contributed by atoms with Crippen LogP contribution < -0.4 is 0 Å². The summed E-state index contributed by atoms with van der Waals surface area (Å²) in [5.74, 6) is -2.09. The van der Waals surface area contributed by atoms with Crippen molar-refractivity contribution in [3.05, 3.63) is 82.8 Å². The van der Waals surface area contributed by atoms with Gasteiger partial charge >= 0.3 is 0 Å². The number of rotatable bonds is 6. The second-order valence-electron chi connectivity index (χ2n) is 5.01. The normalized spacial score (nSPS) is 12.1. The highest BCUT2D eigenvalue weighted by atomic mass is 32.2. The Morgan fingerprint density at radius 1 is 0.833 bits per heavy atom. The molecule has 2 aromatic carbocycles. The minimum Gasteiger partial charge on any atom is -0.294 e. The first-order valence-corrected chi connectivity index (χ1v) is 8.68. The van der Waals surface area contributed by atoms with Gasteiger partial charge in [0.25, 0.3) is 0 Å². The third-order valence-corrected chi connectivity index (χ3v) is 4.25. The molecule has 0 aromatic heterocycles. The summed E-state index contributed by atoms with van der Waals surface area (Å²) in [6.45, 7) is 0. The van der Waals surface area contributed by atoms with Crippen molar-refractivity contribution in [3.63, 3.8) is 0 Å². The van der Waals surface area contributed by atoms with Crippen molar-refractivity contribution in [1.82, 2.24) is 0 Å². The quantitative estimate of drug-likeness (QED) is 0.749. The van der Waals surface area contributed by atoms with Gasteiger partial charge in [0.05, 0.1) is 0 Å². The predicted octanol–water partition coefficient (Wildman–Crippen LogP) is 3.63. The molecule has 0 aliphatic carbocycles. The van der Waals surface area contributed by atoms with Crippen LogP contribution in [-0.4, -0.2) is 20.0 Å². The largest absolute Gasteiger partial charge is 0.294 e. The number of benzene rings is 2. The molecule has 0 fully saturated rings. The van der Waals surface area contributed by atoms with Gasteiger partial charge in [0.1, 0.15) is 17.4 Å². The molecule has 0 heterocycles. The fourth-order valence-corrected chi connectivity index (χ4v) is 2.77. The Kier molecular flexibility index (Phi) is 5.76. The van der Waals surface area contributed by atoms with Crippen molar-refractivity contribution in [2.24, 2.45) is 0 Å². The molecule has 0 saturated carbocycles. The predicted molar refractivity (Wildman–Crippen MR) is 89.7 cm³/mol. The van der Waals surface area contributed by atoms with Crippen molar-refractivity contribution in [1.29, 1.82) is 0 Å². The second-order valence-corrected chi connectivity index (χ2v) is 6.90. The van der Waals surface area contributed by atoms with E-state index in [1.165, 1.54) is 60.7 Å². The summed E-state index contributed by atoms with van der Waals surface area (Å²) >= 11 is 0. The molecule has 2 rings (SSSR count). The molecular formula is C18H14F2O3S. The highest BCUT2D eigenvalue weighted by Gasteiger charge is 2.11. The van der Waals surface area contributed by atoms with Gasteiger partial charge in [0.2, 0.25) is 0 Å². The van der Waals surface area contributed by atoms with E-state index in [1.54, 1.807) is 0 Å². The number of ketones is 1. The Morgan fingerprint density at radius 2 is 1.29 bits per heavy atom. The number of halogens is 2. The van der Waals surface area contributed by atoms with Gasteiger partial charge in [-0.05, 0) is 47.5 Å². The van der Waals surface area contributed by atoms with Crippen molar-refractivity contribution in [2.75, 3.05) is 5.75 Å². The minimum absolute atomic E-state index is 0.396. The van der Waals surface area contributed by atoms with Crippen LogP contribution in [-0.2, 0) is 14.6 Å². The van der Waals surface area contributed by atoms with Gasteiger partial charge in [0.15, 0.2) is 15.6 Å². The van der Waals surface area contributed by atoms with E-state index < -0.39 is 33.0 Å². The zero-order valence-corrected chi connectivity index (χ0v) is 13.3. The lowest BCUT2D eigenvalue weighted by Gasteiger charge is -1.97. The molecule has 2 aromatic rings. The Bertz CT molecular complexity index is 865. The molecule has 0 radical (unpaired) electrons. The fraction of sp³-hybridized carbons (Fsp3) is 0.0556. The molecule has 124 valence electrons. The molecule has 0 spiro atoms. The van der Waals surface area contributed by atoms with E-state index in [9.17, 15) is 22.0 Å². The Morgan fingerprint density at radius 3 is 1.79 bits per heavy atom. The van der Waals surface area contributed by atoms with Gasteiger partial charge in [-0.15, -0.1) is 0 Å². The van der Waals surface area contributed by atoms with Crippen LogP contribution in [0, 0.1) is 11.6 Å². The molecule has 0 saturated heterocycles. The molecule has 0 amide bonds. The maximum absolute atomic E-state index is 12.8. The highest BCUT2D eigenvalue weighted by molar-refractivity contribution is 7.95. The minimum atomic E-state index is -3.74. The molecule has 0 aliphatic heterocycles. The molecule has 24 heavy (non-hydrogen) atoms. The summed E-state index contributed by atoms with van der Waals surface area (Å²) in [5, 5.41) is 0.921. The van der Waals surface area contributed by atoms with Crippen LogP contribution in [0.15, 0.2) is 60.0 Å². The summed E-state index contributed by atoms with van der Waals surface area (Å²) in [7, 11) is -3.74. The van der Waals surface area contributed by atoms with Crippen LogP contribution >= 0.6 is 0 Å². The summed E-state index contributed by atoms with van der Waals surface area (Å²) in [5.41, 5.74) is 1.10. The van der Waals surface area contributed by atoms with Crippen LogP contribution in [0.1, 0.15) is 11.1 Å². The third-order valence-electron chi connectivity index (χ3n) is 3.01. The number of carbonyl (C=O) groups excluding carboxylic acids is 1. The van der Waals surface area contributed by atoms with E-state index in [2.05, 4.69) is 0 Å². The number of sulfone groups is 1. The topological polar surface area (TPSA) is 51.2 Å². The van der Waals surface area contributed by atoms with E-state index in [-0.39, 0.29) is 0 Å². The molecule has 0 N–H and O–H groups in total. The second kappa shape index (κ2) is 7.79. The molecular weight excluding hydrogens is 334 g/mol. The molecule has 0 unspecified atom stereocenters. The number of allylic oxidation sites excluding steroid dienone is 1. The number of hydrogen-bond acceptors (Lipinski definition) is 3. The molecule has 6 heteroatoms. The van der Waals surface area contributed by atoms with Crippen LogP contribution in [0.5, 0.6) is 0 Å². The van der Waals surface area contributed by atoms with Crippen LogP contribution in [0.2, 0.25) is 0 Å². The lowest BCUT2D eigenvalue weighted by molar-refractivity contribution is -0.112. The van der Waals surface area contributed by atoms with E-state index in [1.807, 2.05) is 0 Å². The monoisotopic (exact) mass is 348 g/mol. The number of hydrogen-bond donors (Lipinski definition) is 0. The highest BCUT2D eigenvalue weighted by Crippen LogP contribution is 2.08. The van der Waals surface area contributed by atoms with Crippen LogP contribution in [0.3, 0.4) is 0 Å². The van der Waals surface area contributed by atoms with E-state index in [4.69, 9.17) is 0 Å². The third kappa shape index (κ3) is 5.89. The summed E-state index contributed by atoms with van der Waals surface area (Å²) in [6.07, 6.45) is 3.85. The molecule has 0 bridgehead atoms. The van der Waals surface area contributed by atoms with Crippen molar-refractivity contribution >= 4 is 27.8 Å². The van der Waals surface area contributed by atoms with Crippen LogP contribution in [0.4, 0.5) is 8.78 Å². The summed E-state index contributed by atoms with van der Waals surface area (Å²) in [4.78, 5) is 11.7. The van der Waals surface area contributed by atoms with Gasteiger partial charge in [-0.25, -0.2) is 17.2 Å². The fourth-order valence-electron chi connectivity index (χ4n) is 1.81. The van der Waals surface area contributed by atoms with Gasteiger partial charge in [-0.3, -0.25) is 4.79 Å². The first-order chi connectivity index (χ1) is 11.3. The lowest BCUT2D eigenvalue weighted by Crippen LogP contribution is -2.11. The zero-order valence-electron chi connectivity index (χ0n) is 12.5. The van der Waals surface area contributed by atoms with Crippen molar-refractivity contribution < 1.29 is 22.0 Å². The Hall–Kier alpha value is -2.60. The summed E-state index contributed by atoms with van der Waals surface area (Å²) in [6, 6.07) is 10.7. The van der Waals surface area contributed by atoms with Crippen LogP contribution in [0.25, 0.3) is 12.2 Å². The molecule has 3 nitrogen and oxygen atoms in total. The maximum atomic E-state index is 12.8. The standard InChI is InChI=1S/C18H14F2O3S/c19-16-6-1-14(2-7-16)5-10-18(21)13-24(22,23)12-11-15-3-8-17(20)9-4-15/h1-12H,13H2. The van der Waals surface area contributed by atoms with Crippen molar-refractivity contribution in [3.8, 4) is 0 Å². The molecule has 0 aliphatic rings. The Labute approximate surface area is 138 Å². The van der Waals surface area contributed by atoms with Crippen molar-refractivity contribution in [2.45, 2.75) is 0 Å². The van der Waals surface area contributed by atoms with Gasteiger partial charge in [0, 0.05) is 5.41 Å². The van der Waals surface area contributed by atoms with Gasteiger partial charge < -0.3 is 0 Å². The zero-order chi connectivity index (χ0) is 17.6. The summed E-state index contributed by atoms with van der Waals surface area (Å²) < 4.78 is 49.3. The van der Waals surface area contributed by atoms with Gasteiger partial charge in [-0.2, -0.15) is 0 Å². The average molecular weight is 348 g/mol.